The third kappa shape index (κ3) is 2.64. The zero-order chi connectivity index (χ0) is 13.1. The summed E-state index contributed by atoms with van der Waals surface area (Å²) in [7, 11) is 0. The Morgan fingerprint density at radius 3 is 2.83 bits per heavy atom. The summed E-state index contributed by atoms with van der Waals surface area (Å²) in [6.45, 7) is 4.55. The number of phenolic OH excluding ortho intramolecular Hbond substituents is 1. The van der Waals surface area contributed by atoms with Gasteiger partial charge in [-0.1, -0.05) is 12.5 Å². The van der Waals surface area contributed by atoms with Crippen molar-refractivity contribution in [1.29, 1.82) is 0 Å². The fraction of sp³-hybridized carbons (Fsp3) is 0.500. The Balaban J connectivity index is 2.09. The molecular weight excluding hydrogens is 228 g/mol. The van der Waals surface area contributed by atoms with Crippen molar-refractivity contribution in [3.8, 4) is 5.75 Å². The maximum Gasteiger partial charge on any atom is 0.241 e. The van der Waals surface area contributed by atoms with E-state index in [4.69, 9.17) is 0 Å². The summed E-state index contributed by atoms with van der Waals surface area (Å²) in [5.74, 6) is 0.241. The summed E-state index contributed by atoms with van der Waals surface area (Å²) < 4.78 is 0. The van der Waals surface area contributed by atoms with Gasteiger partial charge in [-0.05, 0) is 44.9 Å². The van der Waals surface area contributed by atoms with Gasteiger partial charge in [-0.25, -0.2) is 0 Å². The standard InChI is InChI=1S/C14H20N2O2/c1-9-6-7-11(10(2)13(9)17)16-14(18)12-5-3-4-8-15-12/h6-7,12,15,17H,3-5,8H2,1-2H3,(H,16,18). The highest BCUT2D eigenvalue weighted by Crippen LogP contribution is 2.28. The molecule has 1 amide bonds. The summed E-state index contributed by atoms with van der Waals surface area (Å²) in [4.78, 5) is 12.1. The zero-order valence-electron chi connectivity index (χ0n) is 10.9. The van der Waals surface area contributed by atoms with Crippen LogP contribution < -0.4 is 10.6 Å². The van der Waals surface area contributed by atoms with Crippen LogP contribution in [0.25, 0.3) is 0 Å². The van der Waals surface area contributed by atoms with Crippen molar-refractivity contribution in [2.45, 2.75) is 39.2 Å². The Hall–Kier alpha value is -1.55. The van der Waals surface area contributed by atoms with Gasteiger partial charge in [0.1, 0.15) is 5.75 Å². The first-order valence-corrected chi connectivity index (χ1v) is 6.43. The number of amides is 1. The molecule has 0 spiro atoms. The Morgan fingerprint density at radius 2 is 2.17 bits per heavy atom. The van der Waals surface area contributed by atoms with Crippen molar-refractivity contribution in [3.05, 3.63) is 23.3 Å². The molecule has 2 rings (SSSR count). The molecule has 0 radical (unpaired) electrons. The number of hydrogen-bond acceptors (Lipinski definition) is 3. The van der Waals surface area contributed by atoms with E-state index in [9.17, 15) is 9.90 Å². The van der Waals surface area contributed by atoms with Gasteiger partial charge in [0.25, 0.3) is 0 Å². The summed E-state index contributed by atoms with van der Waals surface area (Å²) in [5, 5.41) is 15.9. The van der Waals surface area contributed by atoms with E-state index in [1.54, 1.807) is 0 Å². The van der Waals surface area contributed by atoms with Gasteiger partial charge < -0.3 is 15.7 Å². The molecule has 0 saturated carbocycles. The smallest absolute Gasteiger partial charge is 0.241 e. The van der Waals surface area contributed by atoms with Crippen molar-refractivity contribution in [3.63, 3.8) is 0 Å². The molecule has 98 valence electrons. The van der Waals surface area contributed by atoms with E-state index < -0.39 is 0 Å². The lowest BCUT2D eigenvalue weighted by Gasteiger charge is -2.23. The van der Waals surface area contributed by atoms with Crippen molar-refractivity contribution in [1.82, 2.24) is 5.32 Å². The summed E-state index contributed by atoms with van der Waals surface area (Å²) >= 11 is 0. The molecule has 1 fully saturated rings. The van der Waals surface area contributed by atoms with Gasteiger partial charge in [-0.15, -0.1) is 0 Å². The number of carbonyl (C=O) groups is 1. The monoisotopic (exact) mass is 248 g/mol. The van der Waals surface area contributed by atoms with Crippen molar-refractivity contribution in [2.24, 2.45) is 0 Å². The van der Waals surface area contributed by atoms with E-state index in [1.807, 2.05) is 26.0 Å². The minimum Gasteiger partial charge on any atom is -0.507 e. The van der Waals surface area contributed by atoms with Gasteiger partial charge >= 0.3 is 0 Å². The predicted octanol–water partition coefficient (Wildman–Crippen LogP) is 2.09. The number of piperidine rings is 1. The topological polar surface area (TPSA) is 61.4 Å². The zero-order valence-corrected chi connectivity index (χ0v) is 10.9. The summed E-state index contributed by atoms with van der Waals surface area (Å²) in [6.07, 6.45) is 3.10. The van der Waals surface area contributed by atoms with Crippen LogP contribution in [0.4, 0.5) is 5.69 Å². The van der Waals surface area contributed by atoms with Gasteiger partial charge in [0.2, 0.25) is 5.91 Å². The molecule has 0 aliphatic carbocycles. The average molecular weight is 248 g/mol. The molecule has 1 aromatic rings. The van der Waals surface area contributed by atoms with Crippen LogP contribution in [0.15, 0.2) is 12.1 Å². The number of anilines is 1. The second-order valence-electron chi connectivity index (χ2n) is 4.90. The van der Waals surface area contributed by atoms with E-state index in [0.717, 1.165) is 36.9 Å². The number of benzene rings is 1. The third-order valence-corrected chi connectivity index (χ3v) is 3.52. The van der Waals surface area contributed by atoms with E-state index in [1.165, 1.54) is 0 Å². The molecule has 4 nitrogen and oxygen atoms in total. The quantitative estimate of drug-likeness (QED) is 0.751. The Bertz CT molecular complexity index is 451. The second-order valence-corrected chi connectivity index (χ2v) is 4.90. The second kappa shape index (κ2) is 5.40. The molecule has 1 unspecified atom stereocenters. The fourth-order valence-electron chi connectivity index (χ4n) is 2.27. The van der Waals surface area contributed by atoms with Gasteiger partial charge in [0.15, 0.2) is 0 Å². The molecular formula is C14H20N2O2. The lowest BCUT2D eigenvalue weighted by atomic mass is 10.0. The first-order valence-electron chi connectivity index (χ1n) is 6.43. The first-order chi connectivity index (χ1) is 8.59. The lowest BCUT2D eigenvalue weighted by molar-refractivity contribution is -0.118. The number of carbonyl (C=O) groups excluding carboxylic acids is 1. The van der Waals surface area contributed by atoms with Crippen molar-refractivity contribution in [2.75, 3.05) is 11.9 Å². The van der Waals surface area contributed by atoms with E-state index in [2.05, 4.69) is 10.6 Å². The maximum absolute atomic E-state index is 12.1. The van der Waals surface area contributed by atoms with Crippen LogP contribution in [0, 0.1) is 13.8 Å². The van der Waals surface area contributed by atoms with Crippen LogP contribution in [0.1, 0.15) is 30.4 Å². The molecule has 1 aliphatic rings. The molecule has 1 saturated heterocycles. The molecule has 0 bridgehead atoms. The van der Waals surface area contributed by atoms with Gasteiger partial charge in [-0.3, -0.25) is 4.79 Å². The fourth-order valence-corrected chi connectivity index (χ4v) is 2.27. The summed E-state index contributed by atoms with van der Waals surface area (Å²) in [6, 6.07) is 3.54. The van der Waals surface area contributed by atoms with Crippen LogP contribution in [-0.4, -0.2) is 23.6 Å². The maximum atomic E-state index is 12.1. The van der Waals surface area contributed by atoms with Crippen LogP contribution in [0.3, 0.4) is 0 Å². The SMILES string of the molecule is Cc1ccc(NC(=O)C2CCCCN2)c(C)c1O. The molecule has 1 aliphatic heterocycles. The average Bonchev–Trinajstić information content (AvgIpc) is 2.40. The number of aromatic hydroxyl groups is 1. The number of aryl methyl sites for hydroxylation is 1. The van der Waals surface area contributed by atoms with Crippen LogP contribution >= 0.6 is 0 Å². The minimum absolute atomic E-state index is 0.0129. The highest BCUT2D eigenvalue weighted by atomic mass is 16.3. The first kappa shape index (κ1) is 12.9. The molecule has 4 heteroatoms. The minimum atomic E-state index is -0.110. The van der Waals surface area contributed by atoms with Crippen LogP contribution in [0.5, 0.6) is 5.75 Å². The number of rotatable bonds is 2. The van der Waals surface area contributed by atoms with Gasteiger partial charge in [0, 0.05) is 11.3 Å². The van der Waals surface area contributed by atoms with Gasteiger partial charge in [0.05, 0.1) is 6.04 Å². The van der Waals surface area contributed by atoms with E-state index in [0.29, 0.717) is 5.69 Å². The lowest BCUT2D eigenvalue weighted by Crippen LogP contribution is -2.43. The highest BCUT2D eigenvalue weighted by Gasteiger charge is 2.21. The molecule has 1 atom stereocenters. The third-order valence-electron chi connectivity index (χ3n) is 3.52. The molecule has 3 N–H and O–H groups in total. The largest absolute Gasteiger partial charge is 0.507 e. The van der Waals surface area contributed by atoms with E-state index in [-0.39, 0.29) is 17.7 Å². The normalized spacial score (nSPS) is 19.6. The molecule has 18 heavy (non-hydrogen) atoms. The molecule has 1 heterocycles. The molecule has 0 aromatic heterocycles. The Labute approximate surface area is 107 Å². The predicted molar refractivity (Wildman–Crippen MR) is 71.9 cm³/mol. The summed E-state index contributed by atoms with van der Waals surface area (Å²) in [5.41, 5.74) is 2.23. The number of phenols is 1. The van der Waals surface area contributed by atoms with Crippen molar-refractivity contribution < 1.29 is 9.90 Å². The van der Waals surface area contributed by atoms with E-state index >= 15 is 0 Å². The van der Waals surface area contributed by atoms with Crippen molar-refractivity contribution >= 4 is 11.6 Å². The van der Waals surface area contributed by atoms with Crippen LogP contribution in [-0.2, 0) is 4.79 Å². The Kier molecular flexibility index (Phi) is 3.87. The molecule has 1 aromatic carbocycles. The number of hydrogen-bond donors (Lipinski definition) is 3. The number of nitrogens with one attached hydrogen (secondary N) is 2. The van der Waals surface area contributed by atoms with Crippen LogP contribution in [0.2, 0.25) is 0 Å². The highest BCUT2D eigenvalue weighted by molar-refractivity contribution is 5.95. The van der Waals surface area contributed by atoms with Gasteiger partial charge in [-0.2, -0.15) is 0 Å². The Morgan fingerprint density at radius 1 is 1.39 bits per heavy atom.